The van der Waals surface area contributed by atoms with Crippen LogP contribution in [0.1, 0.15) is 42.2 Å². The normalized spacial score (nSPS) is 11.4. The molecule has 3 rings (SSSR count). The zero-order chi connectivity index (χ0) is 17.4. The van der Waals surface area contributed by atoms with Crippen LogP contribution in [0.2, 0.25) is 5.02 Å². The summed E-state index contributed by atoms with van der Waals surface area (Å²) in [6, 6.07) is 6.44. The highest BCUT2D eigenvalue weighted by molar-refractivity contribution is 7.17. The number of hydrogen-bond donors (Lipinski definition) is 0. The van der Waals surface area contributed by atoms with Gasteiger partial charge >= 0.3 is 5.97 Å². The van der Waals surface area contributed by atoms with Crippen molar-refractivity contribution in [3.05, 3.63) is 40.0 Å². The second-order valence-electron chi connectivity index (χ2n) is 5.86. The third-order valence-corrected chi connectivity index (χ3v) is 5.33. The molecule has 0 unspecified atom stereocenters. The molecule has 2 aromatic heterocycles. The van der Waals surface area contributed by atoms with Crippen LogP contribution in [0.5, 0.6) is 0 Å². The topological polar surface area (TPSA) is 44.1 Å². The van der Waals surface area contributed by atoms with Crippen molar-refractivity contribution in [2.24, 2.45) is 0 Å². The van der Waals surface area contributed by atoms with Crippen LogP contribution in [0.15, 0.2) is 24.4 Å². The fourth-order valence-electron chi connectivity index (χ4n) is 2.68. The van der Waals surface area contributed by atoms with Crippen molar-refractivity contribution in [3.8, 4) is 10.6 Å². The monoisotopic (exact) mass is 362 g/mol. The number of carbonyl (C=O) groups is 1. The maximum absolute atomic E-state index is 12.0. The van der Waals surface area contributed by atoms with E-state index in [2.05, 4.69) is 29.5 Å². The van der Waals surface area contributed by atoms with Crippen molar-refractivity contribution >= 4 is 39.8 Å². The SMILES string of the molecule is CCOC(=O)c1sc(-c2ccc3c(c2)c(Cl)cn3C(C)C)nc1C. The largest absolute Gasteiger partial charge is 0.462 e. The summed E-state index contributed by atoms with van der Waals surface area (Å²) in [5, 5.41) is 2.51. The molecular formula is C18H19ClN2O2S. The first kappa shape index (κ1) is 17.0. The highest BCUT2D eigenvalue weighted by Gasteiger charge is 2.18. The van der Waals surface area contributed by atoms with Crippen molar-refractivity contribution in [1.82, 2.24) is 9.55 Å². The van der Waals surface area contributed by atoms with E-state index in [1.54, 1.807) is 6.92 Å². The Morgan fingerprint density at radius 3 is 2.83 bits per heavy atom. The average Bonchev–Trinajstić information content (AvgIpc) is 3.08. The molecule has 0 saturated carbocycles. The van der Waals surface area contributed by atoms with E-state index >= 15 is 0 Å². The number of aromatic nitrogens is 2. The lowest BCUT2D eigenvalue weighted by Gasteiger charge is -2.09. The first-order valence-corrected chi connectivity index (χ1v) is 9.06. The van der Waals surface area contributed by atoms with E-state index in [0.29, 0.717) is 23.2 Å². The number of hydrogen-bond acceptors (Lipinski definition) is 4. The van der Waals surface area contributed by atoms with E-state index in [9.17, 15) is 4.79 Å². The summed E-state index contributed by atoms with van der Waals surface area (Å²) in [7, 11) is 0. The van der Waals surface area contributed by atoms with Crippen LogP contribution in [0.4, 0.5) is 0 Å². The van der Waals surface area contributed by atoms with Gasteiger partial charge in [-0.1, -0.05) is 11.6 Å². The first-order chi connectivity index (χ1) is 11.4. The molecular weight excluding hydrogens is 344 g/mol. The number of ether oxygens (including phenoxy) is 1. The van der Waals surface area contributed by atoms with Crippen LogP contribution >= 0.6 is 22.9 Å². The van der Waals surface area contributed by atoms with Gasteiger partial charge < -0.3 is 9.30 Å². The highest BCUT2D eigenvalue weighted by atomic mass is 35.5. The summed E-state index contributed by atoms with van der Waals surface area (Å²) in [6.07, 6.45) is 1.96. The molecule has 2 heterocycles. The summed E-state index contributed by atoms with van der Waals surface area (Å²) >= 11 is 7.75. The van der Waals surface area contributed by atoms with Crippen LogP contribution in [-0.2, 0) is 4.74 Å². The summed E-state index contributed by atoms with van der Waals surface area (Å²) in [5.41, 5.74) is 2.74. The Kier molecular flexibility index (Phi) is 4.65. The van der Waals surface area contributed by atoms with Crippen molar-refractivity contribution in [2.75, 3.05) is 6.61 Å². The highest BCUT2D eigenvalue weighted by Crippen LogP contribution is 2.34. The number of esters is 1. The van der Waals surface area contributed by atoms with E-state index in [-0.39, 0.29) is 5.97 Å². The van der Waals surface area contributed by atoms with Gasteiger partial charge in [0.15, 0.2) is 0 Å². The number of aryl methyl sites for hydroxylation is 1. The van der Waals surface area contributed by atoms with Gasteiger partial charge in [-0.15, -0.1) is 11.3 Å². The molecule has 6 heteroatoms. The van der Waals surface area contributed by atoms with Crippen molar-refractivity contribution < 1.29 is 9.53 Å². The second kappa shape index (κ2) is 6.57. The van der Waals surface area contributed by atoms with Crippen molar-refractivity contribution in [2.45, 2.75) is 33.7 Å². The minimum atomic E-state index is -0.316. The van der Waals surface area contributed by atoms with Gasteiger partial charge in [0.25, 0.3) is 0 Å². The smallest absolute Gasteiger partial charge is 0.350 e. The maximum atomic E-state index is 12.0. The Labute approximate surface area is 150 Å². The van der Waals surface area contributed by atoms with E-state index in [4.69, 9.17) is 16.3 Å². The molecule has 0 spiro atoms. The van der Waals surface area contributed by atoms with E-state index in [1.165, 1.54) is 11.3 Å². The van der Waals surface area contributed by atoms with Crippen LogP contribution in [0, 0.1) is 6.92 Å². The molecule has 0 aliphatic carbocycles. The first-order valence-electron chi connectivity index (χ1n) is 7.87. The molecule has 0 fully saturated rings. The number of benzene rings is 1. The lowest BCUT2D eigenvalue weighted by molar-refractivity contribution is 0.0531. The van der Waals surface area contributed by atoms with Gasteiger partial charge in [-0.2, -0.15) is 0 Å². The maximum Gasteiger partial charge on any atom is 0.350 e. The summed E-state index contributed by atoms with van der Waals surface area (Å²) < 4.78 is 7.24. The number of rotatable bonds is 4. The van der Waals surface area contributed by atoms with Crippen molar-refractivity contribution in [1.29, 1.82) is 0 Å². The van der Waals surface area contributed by atoms with Gasteiger partial charge in [0.05, 0.1) is 17.3 Å². The molecule has 0 bridgehead atoms. The van der Waals surface area contributed by atoms with Gasteiger partial charge in [-0.3, -0.25) is 0 Å². The van der Waals surface area contributed by atoms with Crippen LogP contribution in [-0.4, -0.2) is 22.1 Å². The Morgan fingerprint density at radius 2 is 2.17 bits per heavy atom. The fraction of sp³-hybridized carbons (Fsp3) is 0.333. The van der Waals surface area contributed by atoms with Gasteiger partial charge in [0, 0.05) is 28.7 Å². The Morgan fingerprint density at radius 1 is 1.42 bits per heavy atom. The van der Waals surface area contributed by atoms with Gasteiger partial charge in [-0.05, 0) is 45.9 Å². The van der Waals surface area contributed by atoms with E-state index in [1.807, 2.05) is 25.3 Å². The third-order valence-electron chi connectivity index (χ3n) is 3.85. The number of nitrogens with zero attached hydrogens (tertiary/aromatic N) is 2. The Hall–Kier alpha value is -1.85. The molecule has 126 valence electrons. The molecule has 0 N–H and O–H groups in total. The lowest BCUT2D eigenvalue weighted by Crippen LogP contribution is -2.03. The number of fused-ring (bicyclic) bond motifs is 1. The Balaban J connectivity index is 2.06. The molecule has 4 nitrogen and oxygen atoms in total. The summed E-state index contributed by atoms with van der Waals surface area (Å²) in [6.45, 7) is 8.23. The van der Waals surface area contributed by atoms with Gasteiger partial charge in [0.1, 0.15) is 9.88 Å². The Bertz CT molecular complexity index is 911. The van der Waals surface area contributed by atoms with E-state index in [0.717, 1.165) is 26.5 Å². The minimum Gasteiger partial charge on any atom is -0.462 e. The zero-order valence-electron chi connectivity index (χ0n) is 14.1. The van der Waals surface area contributed by atoms with Crippen LogP contribution in [0.25, 0.3) is 21.5 Å². The molecule has 0 radical (unpaired) electrons. The van der Waals surface area contributed by atoms with Crippen LogP contribution in [0.3, 0.4) is 0 Å². The zero-order valence-corrected chi connectivity index (χ0v) is 15.7. The third kappa shape index (κ3) is 2.94. The van der Waals surface area contributed by atoms with E-state index < -0.39 is 0 Å². The fourth-order valence-corrected chi connectivity index (χ4v) is 3.89. The number of halogens is 1. The van der Waals surface area contributed by atoms with Gasteiger partial charge in [0.2, 0.25) is 0 Å². The molecule has 24 heavy (non-hydrogen) atoms. The van der Waals surface area contributed by atoms with Crippen molar-refractivity contribution in [3.63, 3.8) is 0 Å². The molecule has 0 aliphatic rings. The molecule has 0 amide bonds. The summed E-state index contributed by atoms with van der Waals surface area (Å²) in [4.78, 5) is 17.1. The lowest BCUT2D eigenvalue weighted by atomic mass is 10.1. The number of carbonyl (C=O) groups excluding carboxylic acids is 1. The molecule has 0 saturated heterocycles. The van der Waals surface area contributed by atoms with Gasteiger partial charge in [-0.25, -0.2) is 9.78 Å². The molecule has 0 aliphatic heterocycles. The molecule has 1 aromatic carbocycles. The molecule has 0 atom stereocenters. The second-order valence-corrected chi connectivity index (χ2v) is 7.27. The predicted molar refractivity (Wildman–Crippen MR) is 99.1 cm³/mol. The molecule has 3 aromatic rings. The predicted octanol–water partition coefficient (Wildman–Crippen LogP) is 5.48. The minimum absolute atomic E-state index is 0.316. The summed E-state index contributed by atoms with van der Waals surface area (Å²) in [5.74, 6) is -0.316. The van der Waals surface area contributed by atoms with Crippen LogP contribution < -0.4 is 0 Å². The number of thiazole rings is 1. The standard InChI is InChI=1S/C18H19ClN2O2S/c1-5-23-18(22)16-11(4)20-17(24-16)12-6-7-15-13(8-12)14(19)9-21(15)10(2)3/h6-10H,5H2,1-4H3. The average molecular weight is 363 g/mol. The quantitative estimate of drug-likeness (QED) is 0.577.